The fraction of sp³-hybridized carbons (Fsp3) is 0.167. The molecule has 9 heterocycles. The molecule has 0 saturated carbocycles. The van der Waals surface area contributed by atoms with Crippen LogP contribution in [0.3, 0.4) is 0 Å². The third-order valence-corrected chi connectivity index (χ3v) is 10.8. The van der Waals surface area contributed by atoms with Gasteiger partial charge >= 0.3 is 0 Å². The van der Waals surface area contributed by atoms with Gasteiger partial charge in [0, 0.05) is 48.5 Å². The number of aryl methyl sites for hydroxylation is 4. The summed E-state index contributed by atoms with van der Waals surface area (Å²) in [6.07, 6.45) is 25.6. The standard InChI is InChI=1S/C48H44N8/c1-5-53-29-13-9-17-41(53)45-33-21-23-35(49-33)46(42-18-10-14-30-54(42)6-2)37-25-27-39(51-37)48(44-20-12-16-32-56(44)8-4)40-28-26-38(52-40)47(36-24-22-34(45)50-36)43-19-11-15-31-55(43)7-3/h9-32H,5-8H2,1-4H3/q+4. The highest BCUT2D eigenvalue weighted by molar-refractivity contribution is 6.39. The lowest BCUT2D eigenvalue weighted by molar-refractivity contribution is -0.695. The lowest BCUT2D eigenvalue weighted by Gasteiger charge is -2.11. The van der Waals surface area contributed by atoms with E-state index in [1.165, 1.54) is 0 Å². The number of aromatic nitrogens is 4. The van der Waals surface area contributed by atoms with Crippen LogP contribution in [0.2, 0.25) is 0 Å². The van der Waals surface area contributed by atoms with Gasteiger partial charge in [0.25, 0.3) is 0 Å². The predicted octanol–water partition coefficient (Wildman–Crippen LogP) is 6.92. The normalized spacial score (nSPS) is 17.1. The molecule has 9 rings (SSSR count). The summed E-state index contributed by atoms with van der Waals surface area (Å²) >= 11 is 0. The zero-order valence-electron chi connectivity index (χ0n) is 32.3. The van der Waals surface area contributed by atoms with Gasteiger partial charge in [-0.1, -0.05) is 0 Å². The molecule has 0 spiro atoms. The number of fused-ring (bicyclic) bond motifs is 4. The maximum Gasteiger partial charge on any atom is 0.216 e. The summed E-state index contributed by atoms with van der Waals surface area (Å²) in [5, 5.41) is 0. The van der Waals surface area contributed by atoms with Crippen LogP contribution < -0.4 is 18.3 Å². The maximum absolute atomic E-state index is 5.48. The first kappa shape index (κ1) is 34.9. The minimum absolute atomic E-state index is 0.801. The fourth-order valence-corrected chi connectivity index (χ4v) is 8.05. The molecule has 0 aliphatic carbocycles. The van der Waals surface area contributed by atoms with Crippen LogP contribution in [0.15, 0.2) is 189 Å². The summed E-state index contributed by atoms with van der Waals surface area (Å²) in [5.74, 6) is 0. The van der Waals surface area contributed by atoms with Crippen molar-refractivity contribution in [2.75, 3.05) is 0 Å². The van der Waals surface area contributed by atoms with E-state index in [1.54, 1.807) is 0 Å². The van der Waals surface area contributed by atoms with Gasteiger partial charge in [0.2, 0.25) is 22.8 Å². The Hall–Kier alpha value is -6.80. The van der Waals surface area contributed by atoms with Gasteiger partial charge in [-0.25, -0.2) is 20.0 Å². The molecule has 4 aromatic rings. The van der Waals surface area contributed by atoms with E-state index in [9.17, 15) is 0 Å². The average Bonchev–Trinajstić information content (AvgIpc) is 4.10. The number of nitrogens with zero attached hydrogens (tertiary/aromatic N) is 8. The van der Waals surface area contributed by atoms with Gasteiger partial charge < -0.3 is 0 Å². The molecule has 4 aromatic heterocycles. The van der Waals surface area contributed by atoms with E-state index in [-0.39, 0.29) is 0 Å². The Labute approximate surface area is 328 Å². The molecule has 0 fully saturated rings. The molecule has 272 valence electrons. The highest BCUT2D eigenvalue weighted by atomic mass is 15.0. The number of pyridine rings is 4. The number of allylic oxidation sites excluding steroid dienone is 12. The summed E-state index contributed by atoms with van der Waals surface area (Å²) < 4.78 is 9.04. The Morgan fingerprint density at radius 3 is 0.768 bits per heavy atom. The quantitative estimate of drug-likeness (QED) is 0.177. The minimum Gasteiger partial charge on any atom is -0.247 e. The molecule has 8 bridgehead atoms. The van der Waals surface area contributed by atoms with E-state index in [0.717, 1.165) is 117 Å². The number of aliphatic imine (C=N–C) groups is 4. The smallest absolute Gasteiger partial charge is 0.216 e. The topological polar surface area (TPSA) is 65.0 Å². The Balaban J connectivity index is 1.41. The molecular weight excluding hydrogens is 689 g/mol. The van der Waals surface area contributed by atoms with Gasteiger partial charge in [-0.3, -0.25) is 0 Å². The lowest BCUT2D eigenvalue weighted by atomic mass is 10.0. The van der Waals surface area contributed by atoms with Gasteiger partial charge in [0.05, 0.1) is 67.9 Å². The van der Waals surface area contributed by atoms with Crippen LogP contribution in [0.5, 0.6) is 0 Å². The second-order valence-corrected chi connectivity index (χ2v) is 13.9. The van der Waals surface area contributed by atoms with E-state index >= 15 is 0 Å². The summed E-state index contributed by atoms with van der Waals surface area (Å²) in [5.41, 5.74) is 14.9. The highest BCUT2D eigenvalue weighted by Gasteiger charge is 2.34. The van der Waals surface area contributed by atoms with Crippen LogP contribution in [0.25, 0.3) is 22.3 Å². The molecule has 0 radical (unpaired) electrons. The molecule has 0 N–H and O–H groups in total. The molecule has 0 aromatic carbocycles. The first-order valence-electron chi connectivity index (χ1n) is 19.6. The van der Waals surface area contributed by atoms with Crippen molar-refractivity contribution < 1.29 is 18.3 Å². The maximum atomic E-state index is 5.48. The van der Waals surface area contributed by atoms with Crippen molar-refractivity contribution in [1.82, 2.24) is 0 Å². The highest BCUT2D eigenvalue weighted by Crippen LogP contribution is 2.37. The number of hydrogen-bond acceptors (Lipinski definition) is 4. The number of rotatable bonds is 8. The largest absolute Gasteiger partial charge is 0.247 e. The molecule has 0 atom stereocenters. The molecule has 0 amide bonds. The van der Waals surface area contributed by atoms with Gasteiger partial charge in [-0.2, -0.15) is 18.3 Å². The van der Waals surface area contributed by atoms with Crippen LogP contribution in [0.1, 0.15) is 50.5 Å². The molecule has 0 unspecified atom stereocenters. The first-order valence-corrected chi connectivity index (χ1v) is 19.6. The van der Waals surface area contributed by atoms with Crippen molar-refractivity contribution in [1.29, 1.82) is 0 Å². The second kappa shape index (κ2) is 14.8. The summed E-state index contributed by atoms with van der Waals surface area (Å²) in [7, 11) is 0. The van der Waals surface area contributed by atoms with E-state index < -0.39 is 0 Å². The van der Waals surface area contributed by atoms with Gasteiger partial charge in [-0.05, 0) is 101 Å². The van der Waals surface area contributed by atoms with E-state index in [1.807, 2.05) is 0 Å². The van der Waals surface area contributed by atoms with Crippen molar-refractivity contribution in [3.8, 4) is 0 Å². The Morgan fingerprint density at radius 1 is 0.321 bits per heavy atom. The molecule has 8 nitrogen and oxygen atoms in total. The van der Waals surface area contributed by atoms with Gasteiger partial charge in [0.1, 0.15) is 26.2 Å². The van der Waals surface area contributed by atoms with Crippen LogP contribution in [-0.2, 0) is 26.2 Å². The van der Waals surface area contributed by atoms with Crippen LogP contribution in [0.4, 0.5) is 0 Å². The van der Waals surface area contributed by atoms with E-state index in [4.69, 9.17) is 20.0 Å². The molecule has 0 saturated heterocycles. The zero-order valence-corrected chi connectivity index (χ0v) is 32.3. The van der Waals surface area contributed by atoms with Crippen molar-refractivity contribution in [3.05, 3.63) is 192 Å². The first-order chi connectivity index (χ1) is 27.6. The monoisotopic (exact) mass is 732 g/mol. The Kier molecular flexibility index (Phi) is 9.23. The summed E-state index contributed by atoms with van der Waals surface area (Å²) in [4.78, 5) is 21.9. The van der Waals surface area contributed by atoms with Crippen molar-refractivity contribution >= 4 is 45.1 Å². The SMILES string of the molecule is CC[n+]1ccccc1C1=C2C=CC(=N2)C(c2cccc[n+]2CC)=C2C=CC(=N2)C(c2cccc[n+]2CC)=C2C=CC(=N2)C(c2cccc[n+]2CC)=C2C=CC1=N2. The third kappa shape index (κ3) is 6.04. The Morgan fingerprint density at radius 2 is 0.554 bits per heavy atom. The minimum atomic E-state index is 0.801. The average molecular weight is 733 g/mol. The van der Waals surface area contributed by atoms with Gasteiger partial charge in [-0.15, -0.1) is 0 Å². The summed E-state index contributed by atoms with van der Waals surface area (Å²) in [6, 6.07) is 25.3. The lowest BCUT2D eigenvalue weighted by Crippen LogP contribution is -2.37. The van der Waals surface area contributed by atoms with Crippen LogP contribution in [-0.4, -0.2) is 22.8 Å². The van der Waals surface area contributed by atoms with Crippen LogP contribution >= 0.6 is 0 Å². The fourth-order valence-electron chi connectivity index (χ4n) is 8.05. The van der Waals surface area contributed by atoms with Gasteiger partial charge in [0.15, 0.2) is 24.8 Å². The van der Waals surface area contributed by atoms with Crippen molar-refractivity contribution in [2.24, 2.45) is 20.0 Å². The number of hydrogen-bond donors (Lipinski definition) is 0. The van der Waals surface area contributed by atoms with Crippen LogP contribution in [0, 0.1) is 0 Å². The molecule has 5 aliphatic heterocycles. The predicted molar refractivity (Wildman–Crippen MR) is 223 cm³/mol. The second-order valence-electron chi connectivity index (χ2n) is 13.9. The Bertz CT molecular complexity index is 2350. The van der Waals surface area contributed by atoms with E-state index in [2.05, 4.69) is 192 Å². The molecular formula is C48H44N8+4. The molecule has 56 heavy (non-hydrogen) atoms. The van der Waals surface area contributed by atoms with E-state index in [0.29, 0.717) is 0 Å². The van der Waals surface area contributed by atoms with Crippen molar-refractivity contribution in [3.63, 3.8) is 0 Å². The summed E-state index contributed by atoms with van der Waals surface area (Å²) in [6.45, 7) is 11.9. The zero-order chi connectivity index (χ0) is 38.2. The molecule has 5 aliphatic rings. The molecule has 8 heteroatoms. The third-order valence-electron chi connectivity index (χ3n) is 10.8. The van der Waals surface area contributed by atoms with Crippen molar-refractivity contribution in [2.45, 2.75) is 53.9 Å².